The van der Waals surface area contributed by atoms with Gasteiger partial charge < -0.3 is 0 Å². The predicted molar refractivity (Wildman–Crippen MR) is 67.7 cm³/mol. The molecule has 3 heteroatoms. The fourth-order valence-corrected chi connectivity index (χ4v) is 2.62. The number of aromatic nitrogens is 1. The highest BCUT2D eigenvalue weighted by Gasteiger charge is 2.23. The van der Waals surface area contributed by atoms with Gasteiger partial charge in [0, 0.05) is 12.2 Å². The van der Waals surface area contributed by atoms with Crippen LogP contribution in [0.3, 0.4) is 0 Å². The van der Waals surface area contributed by atoms with Gasteiger partial charge in [0.2, 0.25) is 0 Å². The van der Waals surface area contributed by atoms with Gasteiger partial charge in [-0.05, 0) is 44.0 Å². The van der Waals surface area contributed by atoms with Gasteiger partial charge in [-0.1, -0.05) is 31.0 Å². The third-order valence-electron chi connectivity index (χ3n) is 3.26. The normalized spacial score (nSPS) is 22.2. The van der Waals surface area contributed by atoms with E-state index in [4.69, 9.17) is 11.6 Å². The molecule has 0 unspecified atom stereocenters. The van der Waals surface area contributed by atoms with Crippen molar-refractivity contribution in [3.05, 3.63) is 29.0 Å². The van der Waals surface area contributed by atoms with E-state index in [1.807, 2.05) is 12.3 Å². The average Bonchev–Trinajstić information content (AvgIpc) is 2.32. The lowest BCUT2D eigenvalue weighted by molar-refractivity contribution is 0.149. The molecule has 1 aromatic heterocycles. The third kappa shape index (κ3) is 2.74. The summed E-state index contributed by atoms with van der Waals surface area (Å²) in [5.41, 5.74) is 1.32. The molecule has 2 rings (SSSR count). The molecule has 1 atom stereocenters. The van der Waals surface area contributed by atoms with E-state index in [9.17, 15) is 0 Å². The maximum Gasteiger partial charge on any atom is 0.129 e. The van der Waals surface area contributed by atoms with Crippen molar-refractivity contribution in [2.24, 2.45) is 0 Å². The monoisotopic (exact) mass is 238 g/mol. The van der Waals surface area contributed by atoms with E-state index in [-0.39, 0.29) is 0 Å². The molecular formula is C13H19ClN2. The molecule has 0 spiro atoms. The number of hydrogen-bond acceptors (Lipinski definition) is 2. The average molecular weight is 239 g/mol. The Morgan fingerprint density at radius 2 is 2.31 bits per heavy atom. The van der Waals surface area contributed by atoms with Crippen molar-refractivity contribution in [3.8, 4) is 0 Å². The Morgan fingerprint density at radius 3 is 3.00 bits per heavy atom. The van der Waals surface area contributed by atoms with Gasteiger partial charge in [-0.2, -0.15) is 0 Å². The highest BCUT2D eigenvalue weighted by atomic mass is 35.5. The summed E-state index contributed by atoms with van der Waals surface area (Å²) in [6.45, 7) is 4.65. The second-order valence-corrected chi connectivity index (χ2v) is 4.85. The first kappa shape index (κ1) is 11.9. The molecule has 1 fully saturated rings. The van der Waals surface area contributed by atoms with Crippen LogP contribution in [-0.2, 0) is 0 Å². The van der Waals surface area contributed by atoms with Gasteiger partial charge in [-0.25, -0.2) is 4.98 Å². The summed E-state index contributed by atoms with van der Waals surface area (Å²) in [5, 5.41) is 0.585. The lowest BCUT2D eigenvalue weighted by atomic mass is 9.96. The summed E-state index contributed by atoms with van der Waals surface area (Å²) in [7, 11) is 0. The van der Waals surface area contributed by atoms with Gasteiger partial charge >= 0.3 is 0 Å². The van der Waals surface area contributed by atoms with Gasteiger partial charge in [-0.15, -0.1) is 0 Å². The smallest absolute Gasteiger partial charge is 0.129 e. The first-order valence-electron chi connectivity index (χ1n) is 6.16. The zero-order chi connectivity index (χ0) is 11.4. The number of piperidine rings is 1. The molecule has 2 heterocycles. The third-order valence-corrected chi connectivity index (χ3v) is 3.48. The Hall–Kier alpha value is -0.600. The number of halogens is 1. The van der Waals surface area contributed by atoms with Crippen molar-refractivity contribution in [1.29, 1.82) is 0 Å². The maximum absolute atomic E-state index is 5.82. The summed E-state index contributed by atoms with van der Waals surface area (Å²) in [4.78, 5) is 6.77. The highest BCUT2D eigenvalue weighted by molar-refractivity contribution is 6.29. The Kier molecular flexibility index (Phi) is 4.19. The van der Waals surface area contributed by atoms with E-state index in [1.54, 1.807) is 0 Å². The molecule has 1 saturated heterocycles. The molecule has 0 aliphatic carbocycles. The highest BCUT2D eigenvalue weighted by Crippen LogP contribution is 2.30. The van der Waals surface area contributed by atoms with E-state index in [1.165, 1.54) is 44.3 Å². The van der Waals surface area contributed by atoms with E-state index in [0.717, 1.165) is 0 Å². The van der Waals surface area contributed by atoms with Crippen molar-refractivity contribution in [3.63, 3.8) is 0 Å². The zero-order valence-corrected chi connectivity index (χ0v) is 10.6. The van der Waals surface area contributed by atoms with Crippen LogP contribution in [0.25, 0.3) is 0 Å². The Morgan fingerprint density at radius 1 is 1.44 bits per heavy atom. The standard InChI is InChI=1S/C13H19ClN2/c1-2-8-16-9-4-3-5-12(16)11-6-7-13(14)15-10-11/h6-7,10,12H,2-5,8-9H2,1H3/t12-/m1/s1. The molecule has 1 aromatic rings. The summed E-state index contributed by atoms with van der Waals surface area (Å²) in [6.07, 6.45) is 7.06. The second-order valence-electron chi connectivity index (χ2n) is 4.46. The second kappa shape index (κ2) is 5.65. The number of likely N-dealkylation sites (tertiary alicyclic amines) is 1. The lowest BCUT2D eigenvalue weighted by Crippen LogP contribution is -2.34. The molecular weight excluding hydrogens is 220 g/mol. The summed E-state index contributed by atoms with van der Waals surface area (Å²) < 4.78 is 0. The minimum atomic E-state index is 0.554. The molecule has 2 nitrogen and oxygen atoms in total. The van der Waals surface area contributed by atoms with Crippen LogP contribution in [0.15, 0.2) is 18.3 Å². The molecule has 0 radical (unpaired) electrons. The summed E-state index contributed by atoms with van der Waals surface area (Å²) in [6, 6.07) is 4.57. The molecule has 16 heavy (non-hydrogen) atoms. The van der Waals surface area contributed by atoms with Gasteiger partial charge in [-0.3, -0.25) is 4.90 Å². The number of rotatable bonds is 3. The van der Waals surface area contributed by atoms with Crippen LogP contribution < -0.4 is 0 Å². The fraction of sp³-hybridized carbons (Fsp3) is 0.615. The maximum atomic E-state index is 5.82. The fourth-order valence-electron chi connectivity index (χ4n) is 2.51. The van der Waals surface area contributed by atoms with Crippen LogP contribution in [0.2, 0.25) is 5.15 Å². The molecule has 0 N–H and O–H groups in total. The Bertz CT molecular complexity index is 321. The van der Waals surface area contributed by atoms with Crippen molar-refractivity contribution in [2.45, 2.75) is 38.6 Å². The zero-order valence-electron chi connectivity index (χ0n) is 9.82. The molecule has 0 aromatic carbocycles. The largest absolute Gasteiger partial charge is 0.296 e. The van der Waals surface area contributed by atoms with Crippen LogP contribution in [0.4, 0.5) is 0 Å². The number of pyridine rings is 1. The van der Waals surface area contributed by atoms with E-state index < -0.39 is 0 Å². The summed E-state index contributed by atoms with van der Waals surface area (Å²) in [5.74, 6) is 0. The molecule has 88 valence electrons. The number of hydrogen-bond donors (Lipinski definition) is 0. The Balaban J connectivity index is 2.13. The quantitative estimate of drug-likeness (QED) is 0.747. The van der Waals surface area contributed by atoms with Gasteiger partial charge in [0.1, 0.15) is 5.15 Å². The van der Waals surface area contributed by atoms with Crippen molar-refractivity contribution >= 4 is 11.6 Å². The van der Waals surface area contributed by atoms with Crippen LogP contribution in [0.1, 0.15) is 44.2 Å². The minimum Gasteiger partial charge on any atom is -0.296 e. The van der Waals surface area contributed by atoms with Crippen LogP contribution in [0, 0.1) is 0 Å². The van der Waals surface area contributed by atoms with Crippen LogP contribution in [0.5, 0.6) is 0 Å². The van der Waals surface area contributed by atoms with Gasteiger partial charge in [0.25, 0.3) is 0 Å². The van der Waals surface area contributed by atoms with E-state index in [2.05, 4.69) is 22.9 Å². The number of nitrogens with zero attached hydrogens (tertiary/aromatic N) is 2. The molecule has 1 aliphatic rings. The van der Waals surface area contributed by atoms with Crippen molar-refractivity contribution in [2.75, 3.05) is 13.1 Å². The minimum absolute atomic E-state index is 0.554. The molecule has 0 amide bonds. The molecule has 0 saturated carbocycles. The molecule has 1 aliphatic heterocycles. The first-order valence-corrected chi connectivity index (χ1v) is 6.54. The predicted octanol–water partition coefficient (Wildman–Crippen LogP) is 3.67. The van der Waals surface area contributed by atoms with Gasteiger partial charge in [0.05, 0.1) is 0 Å². The summed E-state index contributed by atoms with van der Waals surface area (Å²) >= 11 is 5.82. The first-order chi connectivity index (χ1) is 7.81. The van der Waals surface area contributed by atoms with E-state index in [0.29, 0.717) is 11.2 Å². The van der Waals surface area contributed by atoms with Crippen LogP contribution >= 0.6 is 11.6 Å². The van der Waals surface area contributed by atoms with Crippen LogP contribution in [-0.4, -0.2) is 23.0 Å². The van der Waals surface area contributed by atoms with Crippen molar-refractivity contribution in [1.82, 2.24) is 9.88 Å². The van der Waals surface area contributed by atoms with Gasteiger partial charge in [0.15, 0.2) is 0 Å². The lowest BCUT2D eigenvalue weighted by Gasteiger charge is -2.35. The van der Waals surface area contributed by atoms with Crippen molar-refractivity contribution < 1.29 is 0 Å². The SMILES string of the molecule is CCCN1CCCC[C@@H]1c1ccc(Cl)nc1. The molecule has 0 bridgehead atoms. The topological polar surface area (TPSA) is 16.1 Å². The Labute approximate surface area is 103 Å². The van der Waals surface area contributed by atoms with E-state index >= 15 is 0 Å².